The van der Waals surface area contributed by atoms with Crippen LogP contribution in [-0.2, 0) is 6.61 Å². The Balaban J connectivity index is 1.46. The highest BCUT2D eigenvalue weighted by molar-refractivity contribution is 5.92. The van der Waals surface area contributed by atoms with Gasteiger partial charge in [-0.05, 0) is 42.7 Å². The summed E-state index contributed by atoms with van der Waals surface area (Å²) in [5.41, 5.74) is 1.11. The van der Waals surface area contributed by atoms with Crippen LogP contribution >= 0.6 is 0 Å². The number of hydrogen-bond acceptors (Lipinski definition) is 5. The van der Waals surface area contributed by atoms with Gasteiger partial charge in [0.25, 0.3) is 5.91 Å². The molecule has 1 aliphatic rings. The largest absolute Gasteiger partial charge is 0.497 e. The smallest absolute Gasteiger partial charge is 0.276 e. The van der Waals surface area contributed by atoms with E-state index >= 15 is 0 Å². The van der Waals surface area contributed by atoms with Crippen LogP contribution in [0.3, 0.4) is 0 Å². The van der Waals surface area contributed by atoms with Crippen molar-refractivity contribution in [2.75, 3.05) is 13.7 Å². The minimum atomic E-state index is -0.816. The summed E-state index contributed by atoms with van der Waals surface area (Å²) in [5.74, 6) is -1.48. The standard InChI is InChI=1S/C22H20F2N2O4/c1-28-15-6-2-5-14(11-15)20-9-4-10-26(20)22(27)19-12-16(30-25-19)13-29-21-17(23)7-3-8-18(21)24/h2-3,5-8,11-12,20H,4,9-10,13H2,1H3/t20-/m0/s1. The first-order valence-corrected chi connectivity index (χ1v) is 9.54. The van der Waals surface area contributed by atoms with Crippen molar-refractivity contribution in [2.24, 2.45) is 0 Å². The van der Waals surface area contributed by atoms with Gasteiger partial charge in [0.15, 0.2) is 28.8 Å². The normalized spacial score (nSPS) is 16.0. The lowest BCUT2D eigenvalue weighted by molar-refractivity contribution is 0.0724. The number of rotatable bonds is 6. The third-order valence-corrected chi connectivity index (χ3v) is 5.05. The van der Waals surface area contributed by atoms with Crippen LogP contribution in [0.25, 0.3) is 0 Å². The minimum absolute atomic E-state index is 0.0866. The molecule has 1 atom stereocenters. The van der Waals surface area contributed by atoms with E-state index in [4.69, 9.17) is 14.0 Å². The molecule has 156 valence electrons. The number of benzene rings is 2. The summed E-state index contributed by atoms with van der Waals surface area (Å²) in [6.07, 6.45) is 1.70. The number of amides is 1. The molecule has 8 heteroatoms. The number of nitrogens with zero attached hydrogens (tertiary/aromatic N) is 2. The topological polar surface area (TPSA) is 64.8 Å². The Labute approximate surface area is 172 Å². The van der Waals surface area contributed by atoms with Crippen LogP contribution in [-0.4, -0.2) is 29.6 Å². The lowest BCUT2D eigenvalue weighted by Gasteiger charge is -2.24. The van der Waals surface area contributed by atoms with E-state index in [0.717, 1.165) is 36.3 Å². The average Bonchev–Trinajstić information content (AvgIpc) is 3.43. The number of hydrogen-bond donors (Lipinski definition) is 0. The molecule has 0 saturated carbocycles. The second-order valence-electron chi connectivity index (χ2n) is 6.95. The van der Waals surface area contributed by atoms with Crippen LogP contribution < -0.4 is 9.47 Å². The molecule has 1 aromatic heterocycles. The van der Waals surface area contributed by atoms with Crippen LogP contribution in [0.5, 0.6) is 11.5 Å². The van der Waals surface area contributed by atoms with Crippen molar-refractivity contribution < 1.29 is 27.6 Å². The van der Waals surface area contributed by atoms with Crippen LogP contribution in [0.1, 0.15) is 40.7 Å². The molecule has 0 aliphatic carbocycles. The molecule has 1 amide bonds. The number of methoxy groups -OCH3 is 1. The second kappa shape index (κ2) is 8.52. The van der Waals surface area contributed by atoms with E-state index < -0.39 is 17.4 Å². The van der Waals surface area contributed by atoms with Crippen molar-refractivity contribution in [1.82, 2.24) is 10.1 Å². The fraction of sp³-hybridized carbons (Fsp3) is 0.273. The molecule has 3 aromatic rings. The maximum absolute atomic E-state index is 13.7. The highest BCUT2D eigenvalue weighted by Crippen LogP contribution is 2.34. The van der Waals surface area contributed by atoms with Gasteiger partial charge in [0, 0.05) is 12.6 Å². The summed E-state index contributed by atoms with van der Waals surface area (Å²) < 4.78 is 42.9. The Hall–Kier alpha value is -3.42. The number of likely N-dealkylation sites (tertiary alicyclic amines) is 1. The van der Waals surface area contributed by atoms with Gasteiger partial charge in [0.2, 0.25) is 0 Å². The Morgan fingerprint density at radius 1 is 1.20 bits per heavy atom. The number of para-hydroxylation sites is 1. The lowest BCUT2D eigenvalue weighted by atomic mass is 10.0. The van der Waals surface area contributed by atoms with Crippen LogP contribution in [0.2, 0.25) is 0 Å². The SMILES string of the molecule is COc1cccc([C@@H]2CCCN2C(=O)c2cc(COc3c(F)cccc3F)on2)c1. The van der Waals surface area contributed by atoms with Gasteiger partial charge in [-0.25, -0.2) is 8.78 Å². The van der Waals surface area contributed by atoms with Crippen LogP contribution in [0, 0.1) is 11.6 Å². The lowest BCUT2D eigenvalue weighted by Crippen LogP contribution is -2.30. The number of ether oxygens (including phenoxy) is 2. The van der Waals surface area contributed by atoms with Crippen molar-refractivity contribution >= 4 is 5.91 Å². The van der Waals surface area contributed by atoms with Gasteiger partial charge in [0.1, 0.15) is 12.4 Å². The predicted octanol–water partition coefficient (Wildman–Crippen LogP) is 4.52. The second-order valence-corrected chi connectivity index (χ2v) is 6.95. The Bertz CT molecular complexity index is 1030. The predicted molar refractivity (Wildman–Crippen MR) is 103 cm³/mol. The first kappa shape index (κ1) is 19.9. The third kappa shape index (κ3) is 3.98. The molecule has 0 bridgehead atoms. The Kier molecular flexibility index (Phi) is 5.65. The number of carbonyl (C=O) groups is 1. The molecule has 2 aromatic carbocycles. The zero-order valence-electron chi connectivity index (χ0n) is 16.3. The summed E-state index contributed by atoms with van der Waals surface area (Å²) in [5, 5.41) is 3.82. The molecule has 1 fully saturated rings. The van der Waals surface area contributed by atoms with Crippen molar-refractivity contribution in [1.29, 1.82) is 0 Å². The molecule has 0 radical (unpaired) electrons. The van der Waals surface area contributed by atoms with Gasteiger partial charge in [0.05, 0.1) is 13.2 Å². The quantitative estimate of drug-likeness (QED) is 0.594. The first-order valence-electron chi connectivity index (χ1n) is 9.54. The number of halogens is 2. The maximum atomic E-state index is 13.7. The fourth-order valence-corrected chi connectivity index (χ4v) is 3.60. The van der Waals surface area contributed by atoms with E-state index in [9.17, 15) is 13.6 Å². The molecule has 4 rings (SSSR count). The van der Waals surface area contributed by atoms with E-state index in [1.807, 2.05) is 24.3 Å². The van der Waals surface area contributed by atoms with Crippen molar-refractivity contribution in [3.05, 3.63) is 77.2 Å². The van der Waals surface area contributed by atoms with Crippen molar-refractivity contribution in [2.45, 2.75) is 25.5 Å². The molecule has 2 heterocycles. The van der Waals surface area contributed by atoms with Crippen molar-refractivity contribution in [3.63, 3.8) is 0 Å². The molecule has 30 heavy (non-hydrogen) atoms. The van der Waals surface area contributed by atoms with Gasteiger partial charge in [-0.15, -0.1) is 0 Å². The summed E-state index contributed by atoms with van der Waals surface area (Å²) in [6, 6.07) is 12.4. The highest BCUT2D eigenvalue weighted by atomic mass is 19.1. The van der Waals surface area contributed by atoms with E-state index in [1.54, 1.807) is 12.0 Å². The van der Waals surface area contributed by atoms with E-state index in [1.165, 1.54) is 12.1 Å². The maximum Gasteiger partial charge on any atom is 0.276 e. The zero-order chi connectivity index (χ0) is 21.1. The molecular formula is C22H20F2N2O4. The van der Waals surface area contributed by atoms with Gasteiger partial charge >= 0.3 is 0 Å². The monoisotopic (exact) mass is 414 g/mol. The number of aromatic nitrogens is 1. The molecule has 6 nitrogen and oxygen atoms in total. The van der Waals surface area contributed by atoms with Crippen molar-refractivity contribution in [3.8, 4) is 11.5 Å². The number of carbonyl (C=O) groups excluding carboxylic acids is 1. The minimum Gasteiger partial charge on any atom is -0.497 e. The molecular weight excluding hydrogens is 394 g/mol. The summed E-state index contributed by atoms with van der Waals surface area (Å²) in [6.45, 7) is 0.345. The average molecular weight is 414 g/mol. The van der Waals surface area contributed by atoms with Gasteiger partial charge < -0.3 is 18.9 Å². The fourth-order valence-electron chi connectivity index (χ4n) is 3.60. The summed E-state index contributed by atoms with van der Waals surface area (Å²) >= 11 is 0. The highest BCUT2D eigenvalue weighted by Gasteiger charge is 2.32. The molecule has 1 saturated heterocycles. The summed E-state index contributed by atoms with van der Waals surface area (Å²) in [4.78, 5) is 14.7. The van der Waals surface area contributed by atoms with E-state index in [0.29, 0.717) is 6.54 Å². The van der Waals surface area contributed by atoms with Crippen LogP contribution in [0.15, 0.2) is 53.1 Å². The van der Waals surface area contributed by atoms with Gasteiger partial charge in [-0.1, -0.05) is 23.4 Å². The Morgan fingerprint density at radius 2 is 1.97 bits per heavy atom. The first-order chi connectivity index (χ1) is 14.6. The van der Waals surface area contributed by atoms with Gasteiger partial charge in [-0.2, -0.15) is 0 Å². The van der Waals surface area contributed by atoms with E-state index in [2.05, 4.69) is 5.16 Å². The Morgan fingerprint density at radius 3 is 2.73 bits per heavy atom. The van der Waals surface area contributed by atoms with Crippen LogP contribution in [0.4, 0.5) is 8.78 Å². The van der Waals surface area contributed by atoms with E-state index in [-0.39, 0.29) is 30.0 Å². The van der Waals surface area contributed by atoms with Gasteiger partial charge in [-0.3, -0.25) is 4.79 Å². The third-order valence-electron chi connectivity index (χ3n) is 5.05. The summed E-state index contributed by atoms with van der Waals surface area (Å²) in [7, 11) is 1.60. The zero-order valence-corrected chi connectivity index (χ0v) is 16.3. The molecule has 1 aliphatic heterocycles. The molecule has 0 N–H and O–H groups in total. The molecule has 0 unspecified atom stereocenters. The molecule has 0 spiro atoms.